The van der Waals surface area contributed by atoms with Gasteiger partial charge in [-0.25, -0.2) is 19.7 Å². The SMILES string of the molecule is Cc1ccnc(Sc2n[nH]c(=O)n2C2CC2)c1C(=O)O. The van der Waals surface area contributed by atoms with Gasteiger partial charge in [-0.1, -0.05) is 0 Å². The fourth-order valence-electron chi connectivity index (χ4n) is 1.97. The molecule has 0 amide bonds. The number of nitrogens with one attached hydrogen (secondary N) is 1. The van der Waals surface area contributed by atoms with E-state index in [-0.39, 0.29) is 17.3 Å². The van der Waals surface area contributed by atoms with Crippen molar-refractivity contribution in [1.82, 2.24) is 19.7 Å². The summed E-state index contributed by atoms with van der Waals surface area (Å²) in [5.74, 6) is -1.03. The highest BCUT2D eigenvalue weighted by Crippen LogP contribution is 2.38. The van der Waals surface area contributed by atoms with Gasteiger partial charge in [-0.05, 0) is 43.2 Å². The highest BCUT2D eigenvalue weighted by Gasteiger charge is 2.29. The average Bonchev–Trinajstić information content (AvgIpc) is 3.15. The van der Waals surface area contributed by atoms with Gasteiger partial charge in [0.25, 0.3) is 0 Å². The van der Waals surface area contributed by atoms with Gasteiger partial charge in [-0.15, -0.1) is 5.10 Å². The second-order valence-electron chi connectivity index (χ2n) is 4.63. The van der Waals surface area contributed by atoms with E-state index in [4.69, 9.17) is 0 Å². The van der Waals surface area contributed by atoms with E-state index in [0.29, 0.717) is 15.7 Å². The fourth-order valence-corrected chi connectivity index (χ4v) is 3.03. The average molecular weight is 292 g/mol. The molecule has 2 aromatic heterocycles. The lowest BCUT2D eigenvalue weighted by Crippen LogP contribution is -2.16. The minimum Gasteiger partial charge on any atom is -0.478 e. The van der Waals surface area contributed by atoms with Gasteiger partial charge in [-0.3, -0.25) is 4.57 Å². The summed E-state index contributed by atoms with van der Waals surface area (Å²) in [6.45, 7) is 1.72. The Bertz CT molecular complexity index is 733. The minimum absolute atomic E-state index is 0.148. The monoisotopic (exact) mass is 292 g/mol. The van der Waals surface area contributed by atoms with Crippen molar-refractivity contribution in [2.45, 2.75) is 36.0 Å². The molecule has 0 aliphatic heterocycles. The van der Waals surface area contributed by atoms with Crippen LogP contribution in [-0.4, -0.2) is 30.8 Å². The number of carboxylic acids is 1. The molecule has 0 saturated heterocycles. The van der Waals surface area contributed by atoms with E-state index >= 15 is 0 Å². The molecule has 0 atom stereocenters. The number of pyridine rings is 1. The summed E-state index contributed by atoms with van der Waals surface area (Å²) in [6, 6.07) is 1.81. The molecule has 0 aromatic carbocycles. The van der Waals surface area contributed by atoms with E-state index < -0.39 is 5.97 Å². The summed E-state index contributed by atoms with van der Waals surface area (Å²) in [4.78, 5) is 27.1. The van der Waals surface area contributed by atoms with Crippen LogP contribution in [-0.2, 0) is 0 Å². The van der Waals surface area contributed by atoms with Crippen LogP contribution in [0.15, 0.2) is 27.2 Å². The Morgan fingerprint density at radius 3 is 2.95 bits per heavy atom. The van der Waals surface area contributed by atoms with Crippen molar-refractivity contribution >= 4 is 17.7 Å². The van der Waals surface area contributed by atoms with Crippen LogP contribution >= 0.6 is 11.8 Å². The predicted molar refractivity (Wildman–Crippen MR) is 71.2 cm³/mol. The maximum Gasteiger partial charge on any atom is 0.344 e. The fraction of sp³-hybridized carbons (Fsp3) is 0.333. The largest absolute Gasteiger partial charge is 0.478 e. The molecule has 0 unspecified atom stereocenters. The van der Waals surface area contributed by atoms with E-state index in [9.17, 15) is 14.7 Å². The van der Waals surface area contributed by atoms with Gasteiger partial charge in [0.1, 0.15) is 5.03 Å². The summed E-state index contributed by atoms with van der Waals surface area (Å²) >= 11 is 1.10. The molecular formula is C12H12N4O3S. The van der Waals surface area contributed by atoms with E-state index in [1.807, 2.05) is 0 Å². The first-order chi connectivity index (χ1) is 9.58. The number of hydrogen-bond acceptors (Lipinski definition) is 5. The predicted octanol–water partition coefficient (Wildman–Crippen LogP) is 1.46. The number of aromatic nitrogens is 4. The lowest BCUT2D eigenvalue weighted by molar-refractivity contribution is 0.0691. The van der Waals surface area contributed by atoms with Gasteiger partial charge in [0, 0.05) is 12.2 Å². The quantitative estimate of drug-likeness (QED) is 0.884. The van der Waals surface area contributed by atoms with Gasteiger partial charge in [0.2, 0.25) is 0 Å². The van der Waals surface area contributed by atoms with Crippen molar-refractivity contribution in [3.8, 4) is 0 Å². The number of nitrogens with zero attached hydrogens (tertiary/aromatic N) is 3. The summed E-state index contributed by atoms with van der Waals surface area (Å²) in [7, 11) is 0. The molecule has 8 heteroatoms. The summed E-state index contributed by atoms with van der Waals surface area (Å²) in [5, 5.41) is 16.4. The standard InChI is InChI=1S/C12H12N4O3S/c1-6-4-5-13-9(8(6)10(17)18)20-12-15-14-11(19)16(12)7-2-3-7/h4-5,7H,2-3H2,1H3,(H,14,19)(H,17,18). The van der Waals surface area contributed by atoms with Gasteiger partial charge in [0.15, 0.2) is 5.16 Å². The normalized spacial score (nSPS) is 14.4. The number of hydrogen-bond donors (Lipinski definition) is 2. The van der Waals surface area contributed by atoms with E-state index in [0.717, 1.165) is 24.6 Å². The molecule has 0 spiro atoms. The second kappa shape index (κ2) is 4.78. The molecule has 7 nitrogen and oxygen atoms in total. The lowest BCUT2D eigenvalue weighted by atomic mass is 10.2. The van der Waals surface area contributed by atoms with Gasteiger partial charge >= 0.3 is 11.7 Å². The van der Waals surface area contributed by atoms with Gasteiger partial charge < -0.3 is 5.11 Å². The summed E-state index contributed by atoms with van der Waals surface area (Å²) in [5.41, 5.74) is 0.515. The summed E-state index contributed by atoms with van der Waals surface area (Å²) < 4.78 is 1.57. The number of aromatic carboxylic acids is 1. The molecule has 20 heavy (non-hydrogen) atoms. The molecule has 2 N–H and O–H groups in total. The first kappa shape index (κ1) is 12.9. The molecule has 104 valence electrons. The first-order valence-corrected chi connectivity index (χ1v) is 6.93. The second-order valence-corrected chi connectivity index (χ2v) is 5.58. The molecule has 1 aliphatic rings. The van der Waals surface area contributed by atoms with E-state index in [2.05, 4.69) is 15.2 Å². The van der Waals surface area contributed by atoms with E-state index in [1.54, 1.807) is 23.8 Å². The van der Waals surface area contributed by atoms with Crippen molar-refractivity contribution in [2.75, 3.05) is 0 Å². The van der Waals surface area contributed by atoms with Crippen molar-refractivity contribution in [1.29, 1.82) is 0 Å². The third kappa shape index (κ3) is 2.22. The number of carbonyl (C=O) groups is 1. The molecule has 0 bridgehead atoms. The minimum atomic E-state index is -1.03. The number of aryl methyl sites for hydroxylation is 1. The molecule has 1 aliphatic carbocycles. The molecule has 2 aromatic rings. The Morgan fingerprint density at radius 2 is 2.30 bits per heavy atom. The topological polar surface area (TPSA) is 101 Å². The van der Waals surface area contributed by atoms with Crippen molar-refractivity contribution in [2.24, 2.45) is 0 Å². The Labute approximate surface area is 118 Å². The zero-order valence-corrected chi connectivity index (χ0v) is 11.5. The maximum absolute atomic E-state index is 11.7. The molecular weight excluding hydrogens is 280 g/mol. The van der Waals surface area contributed by atoms with Crippen LogP contribution < -0.4 is 5.69 Å². The molecule has 2 heterocycles. The first-order valence-electron chi connectivity index (χ1n) is 6.11. The van der Waals surface area contributed by atoms with Crippen LogP contribution in [0, 0.1) is 6.92 Å². The van der Waals surface area contributed by atoms with Crippen LogP contribution in [0.2, 0.25) is 0 Å². The molecule has 3 rings (SSSR count). The zero-order valence-electron chi connectivity index (χ0n) is 10.7. The van der Waals surface area contributed by atoms with Crippen LogP contribution in [0.5, 0.6) is 0 Å². The van der Waals surface area contributed by atoms with E-state index in [1.165, 1.54) is 0 Å². The van der Waals surface area contributed by atoms with Crippen LogP contribution in [0.25, 0.3) is 0 Å². The number of aromatic amines is 1. The smallest absolute Gasteiger partial charge is 0.344 e. The van der Waals surface area contributed by atoms with Gasteiger partial charge in [-0.2, -0.15) is 0 Å². The zero-order chi connectivity index (χ0) is 14.3. The number of H-pyrrole nitrogens is 1. The van der Waals surface area contributed by atoms with Gasteiger partial charge in [0.05, 0.1) is 5.56 Å². The van der Waals surface area contributed by atoms with Crippen molar-refractivity contribution < 1.29 is 9.90 Å². The third-order valence-corrected chi connectivity index (χ3v) is 4.08. The Hall–Kier alpha value is -2.09. The lowest BCUT2D eigenvalue weighted by Gasteiger charge is -2.07. The highest BCUT2D eigenvalue weighted by atomic mass is 32.2. The maximum atomic E-state index is 11.7. The van der Waals surface area contributed by atoms with Crippen LogP contribution in [0.3, 0.4) is 0 Å². The molecule has 0 radical (unpaired) electrons. The van der Waals surface area contributed by atoms with Crippen molar-refractivity contribution in [3.63, 3.8) is 0 Å². The third-order valence-electron chi connectivity index (χ3n) is 3.11. The summed E-state index contributed by atoms with van der Waals surface area (Å²) in [6.07, 6.45) is 3.44. The van der Waals surface area contributed by atoms with Crippen LogP contribution in [0.1, 0.15) is 34.8 Å². The highest BCUT2D eigenvalue weighted by molar-refractivity contribution is 7.99. The number of rotatable bonds is 4. The number of carboxylic acid groups (broad SMARTS) is 1. The Kier molecular flexibility index (Phi) is 3.09. The molecule has 1 fully saturated rings. The molecule has 1 saturated carbocycles. The van der Waals surface area contributed by atoms with Crippen LogP contribution in [0.4, 0.5) is 0 Å². The Balaban J connectivity index is 2.02. The Morgan fingerprint density at radius 1 is 1.55 bits per heavy atom. The van der Waals surface area contributed by atoms with Crippen molar-refractivity contribution in [3.05, 3.63) is 33.9 Å².